The molecule has 0 saturated carbocycles. The Morgan fingerprint density at radius 1 is 1.58 bits per heavy atom. The zero-order valence-electron chi connectivity index (χ0n) is 8.13. The zero-order valence-corrected chi connectivity index (χ0v) is 8.13. The fourth-order valence-electron chi connectivity index (χ4n) is 1.25. The Labute approximate surface area is 73.0 Å². The third-order valence-corrected chi connectivity index (χ3v) is 2.36. The van der Waals surface area contributed by atoms with Gasteiger partial charge < -0.3 is 5.11 Å². The van der Waals surface area contributed by atoms with Crippen LogP contribution >= 0.6 is 0 Å². The fourth-order valence-corrected chi connectivity index (χ4v) is 1.25. The molecule has 1 aromatic heterocycles. The van der Waals surface area contributed by atoms with Crippen molar-refractivity contribution in [3.63, 3.8) is 0 Å². The lowest BCUT2D eigenvalue weighted by molar-refractivity contribution is 0.218. The normalized spacial score (nSPS) is 12.1. The first-order chi connectivity index (χ1) is 5.49. The second-order valence-corrected chi connectivity index (χ2v) is 3.81. The van der Waals surface area contributed by atoms with Crippen molar-refractivity contribution in [2.24, 2.45) is 7.05 Å². The van der Waals surface area contributed by atoms with Crippen LogP contribution < -0.4 is 0 Å². The second-order valence-electron chi connectivity index (χ2n) is 3.81. The lowest BCUT2D eigenvalue weighted by Gasteiger charge is -2.20. The third kappa shape index (κ3) is 1.37. The predicted octanol–water partition coefficient (Wildman–Crippen LogP) is 0.998. The van der Waals surface area contributed by atoms with Crippen molar-refractivity contribution in [3.8, 4) is 0 Å². The second kappa shape index (κ2) is 2.90. The molecule has 1 N–H and O–H groups in total. The molecule has 0 radical (unpaired) electrons. The molecule has 68 valence electrons. The van der Waals surface area contributed by atoms with Gasteiger partial charge in [0.2, 0.25) is 0 Å². The maximum Gasteiger partial charge on any atom is 0.0530 e. The third-order valence-electron chi connectivity index (χ3n) is 2.36. The van der Waals surface area contributed by atoms with Crippen molar-refractivity contribution in [1.82, 2.24) is 9.78 Å². The van der Waals surface area contributed by atoms with Gasteiger partial charge in [0, 0.05) is 23.7 Å². The molecule has 0 aromatic carbocycles. The summed E-state index contributed by atoms with van der Waals surface area (Å²) in [6, 6.07) is 0. The molecule has 0 aliphatic rings. The van der Waals surface area contributed by atoms with Crippen molar-refractivity contribution in [2.75, 3.05) is 6.61 Å². The number of aliphatic hydroxyl groups excluding tert-OH is 1. The highest BCUT2D eigenvalue weighted by atomic mass is 16.3. The summed E-state index contributed by atoms with van der Waals surface area (Å²) in [6.45, 7) is 6.19. The maximum atomic E-state index is 9.14. The number of rotatable bonds is 2. The molecule has 0 atom stereocenters. The van der Waals surface area contributed by atoms with Crippen LogP contribution in [0.15, 0.2) is 6.20 Å². The maximum absolute atomic E-state index is 9.14. The first kappa shape index (κ1) is 9.26. The van der Waals surface area contributed by atoms with E-state index in [1.54, 1.807) is 0 Å². The molecule has 12 heavy (non-hydrogen) atoms. The minimum Gasteiger partial charge on any atom is -0.395 e. The van der Waals surface area contributed by atoms with E-state index in [0.717, 1.165) is 11.3 Å². The SMILES string of the molecule is Cc1c(C(C)(C)CO)cnn1C. The summed E-state index contributed by atoms with van der Waals surface area (Å²) in [4.78, 5) is 0. The monoisotopic (exact) mass is 168 g/mol. The van der Waals surface area contributed by atoms with Gasteiger partial charge in [-0.15, -0.1) is 0 Å². The average Bonchev–Trinajstić information content (AvgIpc) is 2.33. The number of aliphatic hydroxyl groups is 1. The number of nitrogens with zero attached hydrogens (tertiary/aromatic N) is 2. The minimum absolute atomic E-state index is 0.152. The molecule has 0 spiro atoms. The van der Waals surface area contributed by atoms with E-state index in [1.807, 2.05) is 38.7 Å². The highest BCUT2D eigenvalue weighted by Gasteiger charge is 2.23. The van der Waals surface area contributed by atoms with Gasteiger partial charge >= 0.3 is 0 Å². The van der Waals surface area contributed by atoms with Crippen LogP contribution in [0.3, 0.4) is 0 Å². The Bertz CT molecular complexity index is 276. The van der Waals surface area contributed by atoms with Crippen molar-refractivity contribution in [1.29, 1.82) is 0 Å². The molecule has 3 heteroatoms. The van der Waals surface area contributed by atoms with Crippen LogP contribution in [-0.4, -0.2) is 21.5 Å². The van der Waals surface area contributed by atoms with E-state index in [4.69, 9.17) is 5.11 Å². The molecule has 1 aromatic rings. The van der Waals surface area contributed by atoms with Crippen LogP contribution in [0.1, 0.15) is 25.1 Å². The summed E-state index contributed by atoms with van der Waals surface area (Å²) < 4.78 is 1.83. The summed E-state index contributed by atoms with van der Waals surface area (Å²) >= 11 is 0. The summed E-state index contributed by atoms with van der Waals surface area (Å²) in [5.74, 6) is 0. The molecule has 0 bridgehead atoms. The first-order valence-corrected chi connectivity index (χ1v) is 4.09. The zero-order chi connectivity index (χ0) is 9.35. The van der Waals surface area contributed by atoms with Crippen LogP contribution in [-0.2, 0) is 12.5 Å². The Morgan fingerprint density at radius 2 is 2.17 bits per heavy atom. The lowest BCUT2D eigenvalue weighted by Crippen LogP contribution is -2.22. The molecule has 0 saturated heterocycles. The molecule has 1 rings (SSSR count). The number of aromatic nitrogens is 2. The summed E-state index contributed by atoms with van der Waals surface area (Å²) in [7, 11) is 1.91. The van der Waals surface area contributed by atoms with Crippen LogP contribution in [0.25, 0.3) is 0 Å². The lowest BCUT2D eigenvalue weighted by atomic mass is 9.86. The quantitative estimate of drug-likeness (QED) is 0.715. The Morgan fingerprint density at radius 3 is 2.50 bits per heavy atom. The topological polar surface area (TPSA) is 38.1 Å². The summed E-state index contributed by atoms with van der Waals surface area (Å²) in [6.07, 6.45) is 1.82. The largest absolute Gasteiger partial charge is 0.395 e. The molecule has 0 unspecified atom stereocenters. The van der Waals surface area contributed by atoms with E-state index in [2.05, 4.69) is 5.10 Å². The smallest absolute Gasteiger partial charge is 0.0530 e. The summed E-state index contributed by atoms with van der Waals surface area (Å²) in [5, 5.41) is 13.3. The first-order valence-electron chi connectivity index (χ1n) is 4.09. The van der Waals surface area contributed by atoms with Gasteiger partial charge in [0.05, 0.1) is 12.8 Å². The van der Waals surface area contributed by atoms with Gasteiger partial charge in [-0.2, -0.15) is 5.10 Å². The molecule has 0 amide bonds. The van der Waals surface area contributed by atoms with Crippen LogP contribution in [0, 0.1) is 6.92 Å². The van der Waals surface area contributed by atoms with E-state index < -0.39 is 0 Å². The van der Waals surface area contributed by atoms with E-state index in [9.17, 15) is 0 Å². The Kier molecular flexibility index (Phi) is 2.24. The van der Waals surface area contributed by atoms with Crippen molar-refractivity contribution >= 4 is 0 Å². The van der Waals surface area contributed by atoms with Gasteiger partial charge in [0.25, 0.3) is 0 Å². The highest BCUT2D eigenvalue weighted by Crippen LogP contribution is 2.24. The van der Waals surface area contributed by atoms with Crippen molar-refractivity contribution in [2.45, 2.75) is 26.2 Å². The van der Waals surface area contributed by atoms with E-state index >= 15 is 0 Å². The van der Waals surface area contributed by atoms with Gasteiger partial charge in [-0.25, -0.2) is 0 Å². The fraction of sp³-hybridized carbons (Fsp3) is 0.667. The van der Waals surface area contributed by atoms with Gasteiger partial charge in [-0.3, -0.25) is 4.68 Å². The van der Waals surface area contributed by atoms with E-state index in [-0.39, 0.29) is 12.0 Å². The number of hydrogen-bond acceptors (Lipinski definition) is 2. The molecule has 0 aliphatic heterocycles. The van der Waals surface area contributed by atoms with Crippen LogP contribution in [0.5, 0.6) is 0 Å². The summed E-state index contributed by atoms with van der Waals surface area (Å²) in [5.41, 5.74) is 2.06. The Balaban J connectivity index is 3.11. The van der Waals surface area contributed by atoms with Gasteiger partial charge in [-0.1, -0.05) is 13.8 Å². The van der Waals surface area contributed by atoms with Crippen LogP contribution in [0.4, 0.5) is 0 Å². The van der Waals surface area contributed by atoms with E-state index in [0.29, 0.717) is 0 Å². The van der Waals surface area contributed by atoms with Crippen molar-refractivity contribution < 1.29 is 5.11 Å². The molecular formula is C9H16N2O. The Hall–Kier alpha value is -0.830. The molecule has 0 aliphatic carbocycles. The number of aryl methyl sites for hydroxylation is 1. The van der Waals surface area contributed by atoms with Gasteiger partial charge in [0.15, 0.2) is 0 Å². The van der Waals surface area contributed by atoms with Crippen molar-refractivity contribution in [3.05, 3.63) is 17.5 Å². The highest BCUT2D eigenvalue weighted by molar-refractivity contribution is 5.25. The van der Waals surface area contributed by atoms with E-state index in [1.165, 1.54) is 0 Å². The number of hydrogen-bond donors (Lipinski definition) is 1. The average molecular weight is 168 g/mol. The standard InChI is InChI=1S/C9H16N2O/c1-7-8(5-10-11(7)4)9(2,3)6-12/h5,12H,6H2,1-4H3. The predicted molar refractivity (Wildman–Crippen MR) is 48.1 cm³/mol. The van der Waals surface area contributed by atoms with Crippen LogP contribution in [0.2, 0.25) is 0 Å². The molecular weight excluding hydrogens is 152 g/mol. The molecule has 1 heterocycles. The molecule has 0 fully saturated rings. The van der Waals surface area contributed by atoms with Gasteiger partial charge in [0.1, 0.15) is 0 Å². The molecule has 3 nitrogen and oxygen atoms in total. The van der Waals surface area contributed by atoms with Gasteiger partial charge in [-0.05, 0) is 6.92 Å². The minimum atomic E-state index is -0.182.